The summed E-state index contributed by atoms with van der Waals surface area (Å²) in [6, 6.07) is 10.4. The molecule has 0 bridgehead atoms. The van der Waals surface area contributed by atoms with Gasteiger partial charge in [0.15, 0.2) is 5.82 Å². The van der Waals surface area contributed by atoms with Gasteiger partial charge in [-0.1, -0.05) is 30.3 Å². The van der Waals surface area contributed by atoms with Gasteiger partial charge in [-0.3, -0.25) is 4.79 Å². The fourth-order valence-corrected chi connectivity index (χ4v) is 4.71. The van der Waals surface area contributed by atoms with E-state index in [0.717, 1.165) is 62.4 Å². The number of hydrogen-bond acceptors (Lipinski definition) is 4. The lowest BCUT2D eigenvalue weighted by Crippen LogP contribution is -2.59. The van der Waals surface area contributed by atoms with Crippen molar-refractivity contribution >= 4 is 11.7 Å². The molecule has 26 heavy (non-hydrogen) atoms. The zero-order valence-electron chi connectivity index (χ0n) is 15.2. The molecule has 1 aliphatic carbocycles. The number of benzene rings is 1. The minimum Gasteiger partial charge on any atom is -0.342 e. The molecule has 0 N–H and O–H groups in total. The van der Waals surface area contributed by atoms with Gasteiger partial charge in [0.25, 0.3) is 0 Å². The van der Waals surface area contributed by atoms with Gasteiger partial charge >= 0.3 is 0 Å². The highest BCUT2D eigenvalue weighted by atomic mass is 16.2. The van der Waals surface area contributed by atoms with Crippen LogP contribution in [0.25, 0.3) is 11.4 Å². The molecule has 1 amide bonds. The van der Waals surface area contributed by atoms with Crippen molar-refractivity contribution in [3.05, 3.63) is 41.6 Å². The molecular weight excluding hydrogens is 324 g/mol. The van der Waals surface area contributed by atoms with Crippen LogP contribution >= 0.6 is 0 Å². The number of piperazine rings is 1. The van der Waals surface area contributed by atoms with Crippen molar-refractivity contribution in [1.29, 1.82) is 0 Å². The van der Waals surface area contributed by atoms with Gasteiger partial charge in [-0.25, -0.2) is 9.97 Å². The average molecular weight is 348 g/mol. The van der Waals surface area contributed by atoms with E-state index >= 15 is 0 Å². The summed E-state index contributed by atoms with van der Waals surface area (Å²) in [5.74, 6) is 2.04. The van der Waals surface area contributed by atoms with Gasteiger partial charge in [0.1, 0.15) is 11.9 Å². The Morgan fingerprint density at radius 3 is 2.73 bits per heavy atom. The monoisotopic (exact) mass is 348 g/mol. The number of nitrogens with zero attached hydrogens (tertiary/aromatic N) is 4. The molecular formula is C21H24N4O. The second-order valence-corrected chi connectivity index (χ2v) is 7.67. The number of carbonyl (C=O) groups excluding carboxylic acids is 1. The largest absolute Gasteiger partial charge is 0.342 e. The topological polar surface area (TPSA) is 49.3 Å². The molecule has 134 valence electrons. The lowest BCUT2D eigenvalue weighted by atomic mass is 10.1. The highest BCUT2D eigenvalue weighted by Crippen LogP contribution is 2.35. The molecule has 3 aliphatic rings. The third-order valence-electron chi connectivity index (χ3n) is 6.11. The minimum absolute atomic E-state index is 0.146. The first-order valence-corrected chi connectivity index (χ1v) is 9.74. The van der Waals surface area contributed by atoms with Gasteiger partial charge < -0.3 is 9.80 Å². The predicted molar refractivity (Wildman–Crippen MR) is 101 cm³/mol. The number of carbonyl (C=O) groups is 1. The first kappa shape index (κ1) is 15.8. The Kier molecular flexibility index (Phi) is 3.69. The molecule has 0 saturated carbocycles. The van der Waals surface area contributed by atoms with Crippen molar-refractivity contribution in [3.63, 3.8) is 0 Å². The van der Waals surface area contributed by atoms with E-state index in [-0.39, 0.29) is 11.9 Å². The van der Waals surface area contributed by atoms with Gasteiger partial charge in [0.2, 0.25) is 5.91 Å². The third-order valence-corrected chi connectivity index (χ3v) is 6.11. The number of rotatable bonds is 2. The summed E-state index contributed by atoms with van der Waals surface area (Å²) in [6.07, 6.45) is 5.38. The molecule has 0 unspecified atom stereocenters. The summed E-state index contributed by atoms with van der Waals surface area (Å²) < 4.78 is 0. The Balaban J connectivity index is 1.60. The van der Waals surface area contributed by atoms with Crippen molar-refractivity contribution in [2.45, 2.75) is 51.1 Å². The molecule has 5 rings (SSSR count). The molecule has 5 heteroatoms. The number of hydrogen-bond donors (Lipinski definition) is 0. The van der Waals surface area contributed by atoms with E-state index in [9.17, 15) is 4.79 Å². The van der Waals surface area contributed by atoms with Crippen LogP contribution in [-0.2, 0) is 17.6 Å². The first-order chi connectivity index (χ1) is 12.7. The van der Waals surface area contributed by atoms with Crippen LogP contribution in [0, 0.1) is 0 Å². The Labute approximate surface area is 154 Å². The van der Waals surface area contributed by atoms with Gasteiger partial charge in [-0.15, -0.1) is 0 Å². The summed E-state index contributed by atoms with van der Waals surface area (Å²) >= 11 is 0. The standard InChI is InChI=1S/C21H24N4O/c1-14-21(26)24-12-6-9-16(24)13-25(14)20-17-10-5-11-18(17)22-19(23-20)15-7-3-2-4-8-15/h2-4,7-8,14,16H,5-6,9-13H2,1H3/t14-,16-/m0/s1. The molecule has 2 atom stereocenters. The highest BCUT2D eigenvalue weighted by Gasteiger charge is 2.42. The van der Waals surface area contributed by atoms with Crippen LogP contribution in [-0.4, -0.2) is 45.9 Å². The van der Waals surface area contributed by atoms with E-state index in [1.165, 1.54) is 11.3 Å². The van der Waals surface area contributed by atoms with Crippen LogP contribution in [0.15, 0.2) is 30.3 Å². The Morgan fingerprint density at radius 2 is 1.88 bits per heavy atom. The van der Waals surface area contributed by atoms with Crippen molar-refractivity contribution in [2.75, 3.05) is 18.0 Å². The maximum atomic E-state index is 12.9. The molecule has 5 nitrogen and oxygen atoms in total. The normalized spacial score (nSPS) is 24.7. The lowest BCUT2D eigenvalue weighted by molar-refractivity contribution is -0.134. The fraction of sp³-hybridized carbons (Fsp3) is 0.476. The van der Waals surface area contributed by atoms with Crippen LogP contribution in [0.5, 0.6) is 0 Å². The maximum absolute atomic E-state index is 12.9. The summed E-state index contributed by atoms with van der Waals surface area (Å²) in [5.41, 5.74) is 3.47. The quantitative estimate of drug-likeness (QED) is 0.837. The van der Waals surface area contributed by atoms with Gasteiger partial charge in [-0.2, -0.15) is 0 Å². The van der Waals surface area contributed by atoms with Gasteiger partial charge in [0.05, 0.1) is 0 Å². The Bertz CT molecular complexity index is 851. The molecule has 0 radical (unpaired) electrons. The summed E-state index contributed by atoms with van der Waals surface area (Å²) in [6.45, 7) is 3.84. The zero-order valence-corrected chi connectivity index (χ0v) is 15.2. The number of anilines is 1. The van der Waals surface area contributed by atoms with E-state index in [1.807, 2.05) is 25.1 Å². The summed E-state index contributed by atoms with van der Waals surface area (Å²) in [5, 5.41) is 0. The van der Waals surface area contributed by atoms with E-state index < -0.39 is 0 Å². The third kappa shape index (κ3) is 2.41. The van der Waals surface area contributed by atoms with E-state index in [1.54, 1.807) is 0 Å². The highest BCUT2D eigenvalue weighted by molar-refractivity contribution is 5.87. The molecule has 0 spiro atoms. The van der Waals surface area contributed by atoms with Crippen molar-refractivity contribution in [3.8, 4) is 11.4 Å². The lowest BCUT2D eigenvalue weighted by Gasteiger charge is -2.42. The van der Waals surface area contributed by atoms with Crippen molar-refractivity contribution < 1.29 is 4.79 Å². The van der Waals surface area contributed by atoms with Gasteiger partial charge in [0, 0.05) is 36.0 Å². The van der Waals surface area contributed by atoms with Crippen molar-refractivity contribution in [2.24, 2.45) is 0 Å². The fourth-order valence-electron chi connectivity index (χ4n) is 4.71. The summed E-state index contributed by atoms with van der Waals surface area (Å²) in [7, 11) is 0. The van der Waals surface area contributed by atoms with Crippen LogP contribution in [0.2, 0.25) is 0 Å². The van der Waals surface area contributed by atoms with E-state index in [2.05, 4.69) is 21.9 Å². The number of fused-ring (bicyclic) bond motifs is 2. The predicted octanol–water partition coefficient (Wildman–Crippen LogP) is 2.83. The Hall–Kier alpha value is -2.43. The second kappa shape index (κ2) is 6.08. The second-order valence-electron chi connectivity index (χ2n) is 7.67. The minimum atomic E-state index is -0.146. The Morgan fingerprint density at radius 1 is 1.04 bits per heavy atom. The molecule has 2 aromatic rings. The maximum Gasteiger partial charge on any atom is 0.245 e. The molecule has 3 heterocycles. The smallest absolute Gasteiger partial charge is 0.245 e. The molecule has 2 fully saturated rings. The van der Waals surface area contributed by atoms with E-state index in [0.29, 0.717) is 6.04 Å². The average Bonchev–Trinajstić information content (AvgIpc) is 3.33. The van der Waals surface area contributed by atoms with Crippen molar-refractivity contribution in [1.82, 2.24) is 14.9 Å². The zero-order chi connectivity index (χ0) is 17.7. The summed E-state index contributed by atoms with van der Waals surface area (Å²) in [4.78, 5) is 27.1. The van der Waals surface area contributed by atoms with Crippen LogP contribution in [0.3, 0.4) is 0 Å². The molecule has 1 aromatic carbocycles. The SMILES string of the molecule is C[C@H]1C(=O)N2CCC[C@H]2CN1c1nc(-c2ccccc2)nc2c1CCC2. The molecule has 2 aliphatic heterocycles. The van der Waals surface area contributed by atoms with Crippen LogP contribution < -0.4 is 4.90 Å². The molecule has 2 saturated heterocycles. The first-order valence-electron chi connectivity index (χ1n) is 9.74. The number of aryl methyl sites for hydroxylation is 1. The number of amides is 1. The van der Waals surface area contributed by atoms with E-state index in [4.69, 9.17) is 9.97 Å². The number of aromatic nitrogens is 2. The van der Waals surface area contributed by atoms with Crippen LogP contribution in [0.1, 0.15) is 37.4 Å². The van der Waals surface area contributed by atoms with Gasteiger partial charge in [-0.05, 0) is 39.0 Å². The van der Waals surface area contributed by atoms with Crippen LogP contribution in [0.4, 0.5) is 5.82 Å². The molecule has 1 aromatic heterocycles.